The highest BCUT2D eigenvalue weighted by Crippen LogP contribution is 2.27. The fourth-order valence-corrected chi connectivity index (χ4v) is 1.74. The minimum absolute atomic E-state index is 0.194. The Morgan fingerprint density at radius 1 is 1.60 bits per heavy atom. The zero-order valence-corrected chi connectivity index (χ0v) is 8.97. The molecule has 6 heteroatoms. The summed E-state index contributed by atoms with van der Waals surface area (Å²) < 4.78 is 0. The fourth-order valence-electron chi connectivity index (χ4n) is 1.74. The molecular weight excluding hydrogens is 196 g/mol. The molecule has 0 radical (unpaired) electrons. The summed E-state index contributed by atoms with van der Waals surface area (Å²) in [5.74, 6) is 0.461. The molecule has 0 aliphatic heterocycles. The van der Waals surface area contributed by atoms with E-state index in [9.17, 15) is 4.79 Å². The van der Waals surface area contributed by atoms with Crippen molar-refractivity contribution in [2.24, 2.45) is 5.92 Å². The van der Waals surface area contributed by atoms with Gasteiger partial charge in [0, 0.05) is 12.3 Å². The number of H-pyrrole nitrogens is 1. The van der Waals surface area contributed by atoms with Crippen LogP contribution < -0.4 is 0 Å². The van der Waals surface area contributed by atoms with Crippen molar-refractivity contribution >= 4 is 5.97 Å². The lowest BCUT2D eigenvalue weighted by Gasteiger charge is -2.18. The van der Waals surface area contributed by atoms with Gasteiger partial charge in [-0.25, -0.2) is 5.10 Å². The average Bonchev–Trinajstić information content (AvgIpc) is 2.69. The molecule has 1 heterocycles. The third-order valence-electron chi connectivity index (χ3n) is 2.65. The normalized spacial score (nSPS) is 14.8. The molecule has 2 N–H and O–H groups in total. The van der Waals surface area contributed by atoms with Crippen molar-refractivity contribution in [1.82, 2.24) is 20.6 Å². The molecule has 1 aromatic rings. The van der Waals surface area contributed by atoms with Gasteiger partial charge < -0.3 is 5.11 Å². The van der Waals surface area contributed by atoms with Crippen LogP contribution in [0.4, 0.5) is 0 Å². The summed E-state index contributed by atoms with van der Waals surface area (Å²) in [6, 6.07) is 0. The topological polar surface area (TPSA) is 91.8 Å². The molecule has 0 aliphatic carbocycles. The molecule has 15 heavy (non-hydrogen) atoms. The zero-order valence-electron chi connectivity index (χ0n) is 8.97. The van der Waals surface area contributed by atoms with Crippen molar-refractivity contribution < 1.29 is 9.90 Å². The van der Waals surface area contributed by atoms with Crippen molar-refractivity contribution in [3.05, 3.63) is 5.82 Å². The van der Waals surface area contributed by atoms with Crippen LogP contribution >= 0.6 is 0 Å². The maximum Gasteiger partial charge on any atom is 0.303 e. The molecule has 84 valence electrons. The third kappa shape index (κ3) is 3.30. The zero-order chi connectivity index (χ0) is 11.3. The molecule has 6 nitrogen and oxygen atoms in total. The Morgan fingerprint density at radius 2 is 2.33 bits per heavy atom. The van der Waals surface area contributed by atoms with Crippen molar-refractivity contribution in [3.8, 4) is 0 Å². The number of carboxylic acids is 1. The maximum atomic E-state index is 10.5. The van der Waals surface area contributed by atoms with E-state index < -0.39 is 5.97 Å². The van der Waals surface area contributed by atoms with Gasteiger partial charge in [-0.3, -0.25) is 4.79 Å². The second-order valence-corrected chi connectivity index (χ2v) is 3.71. The van der Waals surface area contributed by atoms with Crippen LogP contribution in [-0.2, 0) is 4.79 Å². The van der Waals surface area contributed by atoms with Gasteiger partial charge >= 0.3 is 5.97 Å². The van der Waals surface area contributed by atoms with E-state index in [1.165, 1.54) is 0 Å². The number of carboxylic acid groups (broad SMARTS) is 1. The number of nitrogens with one attached hydrogen (secondary N) is 1. The van der Waals surface area contributed by atoms with E-state index in [1.807, 2.05) is 13.8 Å². The van der Waals surface area contributed by atoms with Crippen LogP contribution in [0.1, 0.15) is 44.9 Å². The molecule has 1 rings (SSSR count). The Morgan fingerprint density at radius 3 is 2.80 bits per heavy atom. The monoisotopic (exact) mass is 212 g/mol. The summed E-state index contributed by atoms with van der Waals surface area (Å²) in [4.78, 5) is 10.5. The first-order chi connectivity index (χ1) is 7.15. The van der Waals surface area contributed by atoms with Crippen LogP contribution in [-0.4, -0.2) is 31.7 Å². The second kappa shape index (κ2) is 5.43. The largest absolute Gasteiger partial charge is 0.481 e. The van der Waals surface area contributed by atoms with Gasteiger partial charge in [0.05, 0.1) is 0 Å². The first kappa shape index (κ1) is 11.6. The summed E-state index contributed by atoms with van der Waals surface area (Å²) >= 11 is 0. The Labute approximate surface area is 88.1 Å². The summed E-state index contributed by atoms with van der Waals surface area (Å²) in [6.45, 7) is 4.07. The summed E-state index contributed by atoms with van der Waals surface area (Å²) in [5, 5.41) is 22.3. The molecule has 0 fully saturated rings. The van der Waals surface area contributed by atoms with E-state index in [2.05, 4.69) is 20.6 Å². The number of nitrogens with zero attached hydrogens (tertiary/aromatic N) is 3. The highest BCUT2D eigenvalue weighted by molar-refractivity contribution is 5.66. The van der Waals surface area contributed by atoms with Crippen molar-refractivity contribution in [2.45, 2.75) is 39.0 Å². The van der Waals surface area contributed by atoms with Gasteiger partial charge in [0.1, 0.15) is 0 Å². The van der Waals surface area contributed by atoms with Crippen molar-refractivity contribution in [1.29, 1.82) is 0 Å². The SMILES string of the molecule is CCC(c1nnn[nH]1)C(C)CCC(=O)O. The molecule has 0 aliphatic rings. The number of hydrogen-bond donors (Lipinski definition) is 2. The molecular formula is C9H16N4O2. The Bertz CT molecular complexity index is 299. The molecule has 0 saturated heterocycles. The molecule has 0 saturated carbocycles. The standard InChI is InChI=1S/C9H16N4O2/c1-3-7(9-10-12-13-11-9)6(2)4-5-8(14)15/h6-7H,3-5H2,1-2H3,(H,14,15)(H,10,11,12,13). The third-order valence-corrected chi connectivity index (χ3v) is 2.65. The Balaban J connectivity index is 2.55. The van der Waals surface area contributed by atoms with E-state index in [1.54, 1.807) is 0 Å². The van der Waals surface area contributed by atoms with Crippen molar-refractivity contribution in [3.63, 3.8) is 0 Å². The quantitative estimate of drug-likeness (QED) is 0.739. The first-order valence-corrected chi connectivity index (χ1v) is 5.10. The van der Waals surface area contributed by atoms with E-state index >= 15 is 0 Å². The van der Waals surface area contributed by atoms with Gasteiger partial charge in [0.15, 0.2) is 5.82 Å². The van der Waals surface area contributed by atoms with Crippen LogP contribution in [0.15, 0.2) is 0 Å². The van der Waals surface area contributed by atoms with Gasteiger partial charge in [-0.2, -0.15) is 0 Å². The molecule has 1 aromatic heterocycles. The summed E-state index contributed by atoms with van der Waals surface area (Å²) in [7, 11) is 0. The smallest absolute Gasteiger partial charge is 0.303 e. The van der Waals surface area contributed by atoms with Crippen LogP contribution in [0.2, 0.25) is 0 Å². The van der Waals surface area contributed by atoms with Gasteiger partial charge in [0.2, 0.25) is 0 Å². The average molecular weight is 212 g/mol. The van der Waals surface area contributed by atoms with Crippen LogP contribution in [0, 0.1) is 5.92 Å². The predicted molar refractivity (Wildman–Crippen MR) is 53.2 cm³/mol. The number of rotatable bonds is 6. The Hall–Kier alpha value is -1.46. The number of carbonyl (C=O) groups is 1. The number of tetrazole rings is 1. The highest BCUT2D eigenvalue weighted by atomic mass is 16.4. The van der Waals surface area contributed by atoms with Gasteiger partial charge in [-0.1, -0.05) is 13.8 Å². The van der Waals surface area contributed by atoms with Gasteiger partial charge in [0.25, 0.3) is 0 Å². The summed E-state index contributed by atoms with van der Waals surface area (Å²) in [6.07, 6.45) is 1.74. The van der Waals surface area contributed by atoms with Gasteiger partial charge in [-0.05, 0) is 29.2 Å². The van der Waals surface area contributed by atoms with E-state index in [4.69, 9.17) is 5.11 Å². The molecule has 0 spiro atoms. The molecule has 0 amide bonds. The fraction of sp³-hybridized carbons (Fsp3) is 0.778. The number of aromatic amines is 1. The van der Waals surface area contributed by atoms with Crippen LogP contribution in [0.25, 0.3) is 0 Å². The second-order valence-electron chi connectivity index (χ2n) is 3.71. The first-order valence-electron chi connectivity index (χ1n) is 5.10. The van der Waals surface area contributed by atoms with Crippen molar-refractivity contribution in [2.75, 3.05) is 0 Å². The van der Waals surface area contributed by atoms with Crippen LogP contribution in [0.3, 0.4) is 0 Å². The molecule has 2 unspecified atom stereocenters. The van der Waals surface area contributed by atoms with E-state index in [-0.39, 0.29) is 18.3 Å². The number of hydrogen-bond acceptors (Lipinski definition) is 4. The number of aliphatic carboxylic acids is 1. The minimum atomic E-state index is -0.757. The molecule has 0 bridgehead atoms. The van der Waals surface area contributed by atoms with Crippen LogP contribution in [0.5, 0.6) is 0 Å². The lowest BCUT2D eigenvalue weighted by molar-refractivity contribution is -0.137. The lowest BCUT2D eigenvalue weighted by Crippen LogP contribution is -2.12. The number of aromatic nitrogens is 4. The predicted octanol–water partition coefficient (Wildman–Crippen LogP) is 1.19. The Kier molecular flexibility index (Phi) is 4.20. The van der Waals surface area contributed by atoms with E-state index in [0.29, 0.717) is 6.42 Å². The van der Waals surface area contributed by atoms with Gasteiger partial charge in [-0.15, -0.1) is 5.10 Å². The van der Waals surface area contributed by atoms with E-state index in [0.717, 1.165) is 12.2 Å². The minimum Gasteiger partial charge on any atom is -0.481 e. The molecule has 2 atom stereocenters. The lowest BCUT2D eigenvalue weighted by atomic mass is 9.87. The molecule has 0 aromatic carbocycles. The summed E-state index contributed by atoms with van der Waals surface area (Å²) in [5.41, 5.74) is 0. The maximum absolute atomic E-state index is 10.5. The highest BCUT2D eigenvalue weighted by Gasteiger charge is 2.21.